The fourth-order valence-electron chi connectivity index (χ4n) is 5.04. The minimum Gasteiger partial charge on any atom is -0.457 e. The predicted octanol–water partition coefficient (Wildman–Crippen LogP) is 3.94. The first kappa shape index (κ1) is 22.9. The standard InChI is InChI=1S/C27H27N5O3S/c1-31-14-12-18(16-31)29-25(33)24-23-22-21(11-13-28-26(22)36-24)32(27(34)30-23)15-17-7-9-20(10-8-17)35-19-5-3-2-4-6-19/h2-11,13,18,23-24H,12,14-16H2,1H3,(H,29,33)(H,30,34)/t18?,23?,24-/m1/s1. The fraction of sp³-hybridized carbons (Fsp3) is 0.296. The van der Waals surface area contributed by atoms with Gasteiger partial charge in [-0.15, -0.1) is 0 Å². The molecule has 0 bridgehead atoms. The number of urea groups is 1. The predicted molar refractivity (Wildman–Crippen MR) is 138 cm³/mol. The van der Waals surface area contributed by atoms with Gasteiger partial charge in [0.15, 0.2) is 0 Å². The number of rotatable bonds is 6. The summed E-state index contributed by atoms with van der Waals surface area (Å²) in [6, 6.07) is 18.8. The van der Waals surface area contributed by atoms with Crippen molar-refractivity contribution in [1.29, 1.82) is 0 Å². The number of hydrogen-bond acceptors (Lipinski definition) is 6. The highest BCUT2D eigenvalue weighted by molar-refractivity contribution is 8.01. The maximum atomic E-state index is 13.2. The van der Waals surface area contributed by atoms with E-state index in [2.05, 4.69) is 27.6 Å². The van der Waals surface area contributed by atoms with Crippen LogP contribution < -0.4 is 20.3 Å². The third-order valence-electron chi connectivity index (χ3n) is 6.84. The van der Waals surface area contributed by atoms with E-state index in [1.165, 1.54) is 11.8 Å². The Bertz CT molecular complexity index is 1290. The number of thioether (sulfide) groups is 1. The van der Waals surface area contributed by atoms with Crippen molar-refractivity contribution in [3.05, 3.63) is 78.0 Å². The topological polar surface area (TPSA) is 86.8 Å². The molecule has 1 saturated heterocycles. The summed E-state index contributed by atoms with van der Waals surface area (Å²) in [5.74, 6) is 1.46. The molecule has 0 spiro atoms. The Balaban J connectivity index is 1.18. The molecule has 0 radical (unpaired) electrons. The van der Waals surface area contributed by atoms with Gasteiger partial charge < -0.3 is 20.3 Å². The summed E-state index contributed by atoms with van der Waals surface area (Å²) in [5.41, 5.74) is 2.71. The van der Waals surface area contributed by atoms with Crippen LogP contribution in [0.25, 0.3) is 0 Å². The molecule has 3 aliphatic heterocycles. The number of para-hydroxylation sites is 1. The Labute approximate surface area is 214 Å². The highest BCUT2D eigenvalue weighted by Crippen LogP contribution is 2.49. The summed E-state index contributed by atoms with van der Waals surface area (Å²) >= 11 is 1.43. The summed E-state index contributed by atoms with van der Waals surface area (Å²) in [6.45, 7) is 2.22. The van der Waals surface area contributed by atoms with Gasteiger partial charge in [-0.2, -0.15) is 0 Å². The Morgan fingerprint density at radius 2 is 1.92 bits per heavy atom. The molecule has 1 fully saturated rings. The molecule has 3 atom stereocenters. The second kappa shape index (κ2) is 9.48. The molecule has 2 N–H and O–H groups in total. The lowest BCUT2D eigenvalue weighted by Gasteiger charge is -2.34. The Morgan fingerprint density at radius 1 is 1.14 bits per heavy atom. The van der Waals surface area contributed by atoms with Gasteiger partial charge >= 0.3 is 6.03 Å². The highest BCUT2D eigenvalue weighted by Gasteiger charge is 2.46. The summed E-state index contributed by atoms with van der Waals surface area (Å²) in [5, 5.41) is 6.63. The molecule has 6 rings (SSSR count). The van der Waals surface area contributed by atoms with E-state index < -0.39 is 11.3 Å². The zero-order chi connectivity index (χ0) is 24.6. The van der Waals surface area contributed by atoms with E-state index in [1.54, 1.807) is 11.1 Å². The molecule has 36 heavy (non-hydrogen) atoms. The van der Waals surface area contributed by atoms with Gasteiger partial charge in [0.1, 0.15) is 21.8 Å². The zero-order valence-corrected chi connectivity index (χ0v) is 20.7. The van der Waals surface area contributed by atoms with Crippen molar-refractivity contribution < 1.29 is 14.3 Å². The smallest absolute Gasteiger partial charge is 0.322 e. The number of likely N-dealkylation sites (tertiary alicyclic amines) is 1. The molecule has 0 saturated carbocycles. The molecular weight excluding hydrogens is 474 g/mol. The average molecular weight is 502 g/mol. The van der Waals surface area contributed by atoms with Gasteiger partial charge in [0.2, 0.25) is 5.91 Å². The van der Waals surface area contributed by atoms with Crippen molar-refractivity contribution in [2.45, 2.75) is 35.3 Å². The summed E-state index contributed by atoms with van der Waals surface area (Å²) in [7, 11) is 2.06. The number of benzene rings is 2. The van der Waals surface area contributed by atoms with Gasteiger partial charge in [0, 0.05) is 24.3 Å². The number of anilines is 1. The summed E-state index contributed by atoms with van der Waals surface area (Å²) < 4.78 is 5.88. The van der Waals surface area contributed by atoms with Crippen LogP contribution in [0, 0.1) is 0 Å². The van der Waals surface area contributed by atoms with Gasteiger partial charge in [-0.05, 0) is 55.9 Å². The van der Waals surface area contributed by atoms with E-state index in [1.807, 2.05) is 60.7 Å². The first-order chi connectivity index (χ1) is 17.5. The second-order valence-electron chi connectivity index (χ2n) is 9.42. The number of carbonyl (C=O) groups is 2. The maximum Gasteiger partial charge on any atom is 0.322 e. The number of pyridine rings is 1. The van der Waals surface area contributed by atoms with Gasteiger partial charge in [-0.25, -0.2) is 9.78 Å². The van der Waals surface area contributed by atoms with Crippen molar-refractivity contribution in [1.82, 2.24) is 20.5 Å². The number of hydrogen-bond donors (Lipinski definition) is 2. The van der Waals surface area contributed by atoms with Gasteiger partial charge in [-0.3, -0.25) is 9.69 Å². The Kier molecular flexibility index (Phi) is 6.02. The van der Waals surface area contributed by atoms with Crippen molar-refractivity contribution in [2.24, 2.45) is 0 Å². The molecule has 4 heterocycles. The first-order valence-corrected chi connectivity index (χ1v) is 13.0. The van der Waals surface area contributed by atoms with Crippen LogP contribution in [0.1, 0.15) is 23.6 Å². The third-order valence-corrected chi connectivity index (χ3v) is 8.13. The molecule has 3 aromatic rings. The normalized spacial score (nSPS) is 22.8. The van der Waals surface area contributed by atoms with Gasteiger partial charge in [0.05, 0.1) is 18.3 Å². The van der Waals surface area contributed by atoms with E-state index >= 15 is 0 Å². The fourth-order valence-corrected chi connectivity index (χ4v) is 6.28. The highest BCUT2D eigenvalue weighted by atomic mass is 32.2. The van der Waals surface area contributed by atoms with E-state index in [0.29, 0.717) is 6.54 Å². The summed E-state index contributed by atoms with van der Waals surface area (Å²) in [4.78, 5) is 34.9. The number of nitrogens with one attached hydrogen (secondary N) is 2. The molecular formula is C27H27N5O3S. The minimum absolute atomic E-state index is 0.0444. The quantitative estimate of drug-likeness (QED) is 0.532. The molecule has 2 aromatic carbocycles. The van der Waals surface area contributed by atoms with Crippen LogP contribution in [-0.2, 0) is 11.3 Å². The largest absolute Gasteiger partial charge is 0.457 e. The number of carbonyl (C=O) groups excluding carboxylic acids is 2. The maximum absolute atomic E-state index is 13.2. The molecule has 3 aliphatic rings. The monoisotopic (exact) mass is 501 g/mol. The Morgan fingerprint density at radius 3 is 2.67 bits per heavy atom. The van der Waals surface area contributed by atoms with Gasteiger partial charge in [-0.1, -0.05) is 42.1 Å². The third kappa shape index (κ3) is 4.40. The van der Waals surface area contributed by atoms with Crippen LogP contribution in [0.3, 0.4) is 0 Å². The van der Waals surface area contributed by atoms with Crippen LogP contribution >= 0.6 is 11.8 Å². The van der Waals surface area contributed by atoms with Crippen LogP contribution in [0.4, 0.5) is 10.5 Å². The number of amides is 3. The van der Waals surface area contributed by atoms with E-state index in [0.717, 1.165) is 52.8 Å². The first-order valence-electron chi connectivity index (χ1n) is 12.1. The molecule has 0 aliphatic carbocycles. The van der Waals surface area contributed by atoms with Crippen molar-refractivity contribution >= 4 is 29.4 Å². The number of likely N-dealkylation sites (N-methyl/N-ethyl adjacent to an activating group) is 1. The second-order valence-corrected chi connectivity index (χ2v) is 10.5. The average Bonchev–Trinajstić information content (AvgIpc) is 3.47. The van der Waals surface area contributed by atoms with Crippen molar-refractivity contribution in [3.8, 4) is 11.5 Å². The van der Waals surface area contributed by atoms with E-state index in [9.17, 15) is 9.59 Å². The number of nitrogens with zero attached hydrogens (tertiary/aromatic N) is 3. The van der Waals surface area contributed by atoms with E-state index in [-0.39, 0.29) is 18.0 Å². The lowest BCUT2D eigenvalue weighted by Crippen LogP contribution is -2.51. The zero-order valence-electron chi connectivity index (χ0n) is 19.9. The number of aromatic nitrogens is 1. The van der Waals surface area contributed by atoms with Gasteiger partial charge in [0.25, 0.3) is 0 Å². The molecule has 9 heteroatoms. The summed E-state index contributed by atoms with van der Waals surface area (Å²) in [6.07, 6.45) is 2.66. The van der Waals surface area contributed by atoms with Crippen molar-refractivity contribution in [2.75, 3.05) is 25.0 Å². The lowest BCUT2D eigenvalue weighted by atomic mass is 9.99. The van der Waals surface area contributed by atoms with Crippen LogP contribution in [0.5, 0.6) is 11.5 Å². The van der Waals surface area contributed by atoms with Crippen LogP contribution in [-0.4, -0.2) is 53.3 Å². The van der Waals surface area contributed by atoms with Crippen molar-refractivity contribution in [3.63, 3.8) is 0 Å². The number of ether oxygens (including phenoxy) is 1. The molecule has 8 nitrogen and oxygen atoms in total. The Hall–Kier alpha value is -3.56. The lowest BCUT2D eigenvalue weighted by molar-refractivity contribution is -0.121. The minimum atomic E-state index is -0.430. The van der Waals surface area contributed by atoms with E-state index in [4.69, 9.17) is 4.74 Å². The van der Waals surface area contributed by atoms with Crippen LogP contribution in [0.2, 0.25) is 0 Å². The molecule has 2 unspecified atom stereocenters. The molecule has 1 aromatic heterocycles. The molecule has 3 amide bonds. The van der Waals surface area contributed by atoms with Crippen LogP contribution in [0.15, 0.2) is 71.9 Å². The molecule has 184 valence electrons. The SMILES string of the molecule is CN1CCC(NC(=O)[C@@H]2Sc3nccc4c3C2NC(=O)N4Cc2ccc(Oc3ccccc3)cc2)C1.